The van der Waals surface area contributed by atoms with Gasteiger partial charge in [0, 0.05) is 18.3 Å². The zero-order valence-corrected chi connectivity index (χ0v) is 11.4. The zero-order chi connectivity index (χ0) is 13.0. The van der Waals surface area contributed by atoms with Crippen LogP contribution in [0.3, 0.4) is 0 Å². The third kappa shape index (κ3) is 2.93. The lowest BCUT2D eigenvalue weighted by atomic mass is 10.1. The van der Waals surface area contributed by atoms with E-state index in [9.17, 15) is 4.79 Å². The van der Waals surface area contributed by atoms with Crippen molar-refractivity contribution >= 4 is 23.5 Å². The van der Waals surface area contributed by atoms with Crippen LogP contribution in [0.15, 0.2) is 12.4 Å². The second kappa shape index (κ2) is 6.04. The fourth-order valence-electron chi connectivity index (χ4n) is 2.03. The Morgan fingerprint density at radius 3 is 2.78 bits per heavy atom. The molecule has 0 aliphatic carbocycles. The molecule has 0 spiro atoms. The van der Waals surface area contributed by atoms with Crippen molar-refractivity contribution in [3.8, 4) is 0 Å². The maximum atomic E-state index is 11.4. The molecule has 0 aromatic carbocycles. The van der Waals surface area contributed by atoms with E-state index in [-0.39, 0.29) is 5.69 Å². The number of carbonyl (C=O) groups excluding carboxylic acids is 1. The number of piperidine rings is 1. The summed E-state index contributed by atoms with van der Waals surface area (Å²) in [5.41, 5.74) is 0.266. The van der Waals surface area contributed by atoms with Crippen LogP contribution in [0.2, 0.25) is 0 Å². The minimum atomic E-state index is -0.441. The van der Waals surface area contributed by atoms with Crippen molar-refractivity contribution in [2.24, 2.45) is 0 Å². The highest BCUT2D eigenvalue weighted by atomic mass is 32.2. The predicted octanol–water partition coefficient (Wildman–Crippen LogP) is 1.59. The van der Waals surface area contributed by atoms with Crippen molar-refractivity contribution in [3.05, 3.63) is 18.1 Å². The van der Waals surface area contributed by atoms with Crippen molar-refractivity contribution in [3.63, 3.8) is 0 Å². The summed E-state index contributed by atoms with van der Waals surface area (Å²) in [7, 11) is 1.35. The molecule has 6 heteroatoms. The third-order valence-corrected chi connectivity index (χ3v) is 4.25. The number of ether oxygens (including phenoxy) is 1. The molecule has 5 nitrogen and oxygen atoms in total. The van der Waals surface area contributed by atoms with Crippen LogP contribution < -0.4 is 4.90 Å². The number of thioether (sulfide) groups is 1. The van der Waals surface area contributed by atoms with E-state index in [1.54, 1.807) is 6.20 Å². The van der Waals surface area contributed by atoms with Gasteiger partial charge in [-0.1, -0.05) is 0 Å². The van der Waals surface area contributed by atoms with Crippen LogP contribution in [0.4, 0.5) is 5.82 Å². The SMILES string of the molecule is COC(=O)c1cncc(N2CCC(SC)CC2)n1. The number of carbonyl (C=O) groups is 1. The molecule has 1 fully saturated rings. The second-order valence-corrected chi connectivity index (χ2v) is 5.31. The lowest BCUT2D eigenvalue weighted by Crippen LogP contribution is -2.35. The van der Waals surface area contributed by atoms with E-state index in [0.29, 0.717) is 0 Å². The molecule has 18 heavy (non-hydrogen) atoms. The second-order valence-electron chi connectivity index (χ2n) is 4.18. The van der Waals surface area contributed by atoms with Crippen LogP contribution in [0.25, 0.3) is 0 Å². The summed E-state index contributed by atoms with van der Waals surface area (Å²) in [4.78, 5) is 21.9. The molecule has 0 atom stereocenters. The van der Waals surface area contributed by atoms with E-state index in [4.69, 9.17) is 0 Å². The quantitative estimate of drug-likeness (QED) is 0.775. The highest BCUT2D eigenvalue weighted by Gasteiger charge is 2.20. The van der Waals surface area contributed by atoms with Crippen LogP contribution >= 0.6 is 11.8 Å². The van der Waals surface area contributed by atoms with Gasteiger partial charge in [0.25, 0.3) is 0 Å². The summed E-state index contributed by atoms with van der Waals surface area (Å²) < 4.78 is 4.65. The van der Waals surface area contributed by atoms with E-state index < -0.39 is 5.97 Å². The van der Waals surface area contributed by atoms with Crippen LogP contribution in [-0.2, 0) is 4.74 Å². The van der Waals surface area contributed by atoms with Gasteiger partial charge in [0.05, 0.1) is 19.5 Å². The average Bonchev–Trinajstić information content (AvgIpc) is 2.46. The van der Waals surface area contributed by atoms with Gasteiger partial charge in [0.2, 0.25) is 0 Å². The van der Waals surface area contributed by atoms with Gasteiger partial charge in [-0.3, -0.25) is 4.98 Å². The maximum absolute atomic E-state index is 11.4. The molecule has 1 saturated heterocycles. The van der Waals surface area contributed by atoms with E-state index in [0.717, 1.165) is 37.0 Å². The average molecular weight is 267 g/mol. The van der Waals surface area contributed by atoms with Crippen molar-refractivity contribution in [2.45, 2.75) is 18.1 Å². The Kier molecular flexibility index (Phi) is 4.41. The lowest BCUT2D eigenvalue weighted by molar-refractivity contribution is 0.0593. The highest BCUT2D eigenvalue weighted by molar-refractivity contribution is 7.99. The third-order valence-electron chi connectivity index (χ3n) is 3.12. The number of esters is 1. The molecule has 1 aromatic heterocycles. The monoisotopic (exact) mass is 267 g/mol. The summed E-state index contributed by atoms with van der Waals surface area (Å²) in [5.74, 6) is 0.320. The molecule has 0 N–H and O–H groups in total. The molecule has 98 valence electrons. The zero-order valence-electron chi connectivity index (χ0n) is 10.6. The molecule has 2 rings (SSSR count). The molecule has 1 aliphatic heterocycles. The van der Waals surface area contributed by atoms with E-state index in [1.807, 2.05) is 11.8 Å². The summed E-state index contributed by atoms with van der Waals surface area (Å²) >= 11 is 1.92. The first-order valence-electron chi connectivity index (χ1n) is 5.92. The fourth-order valence-corrected chi connectivity index (χ4v) is 2.71. The summed E-state index contributed by atoms with van der Waals surface area (Å²) in [6, 6.07) is 0. The van der Waals surface area contributed by atoms with E-state index in [2.05, 4.69) is 25.9 Å². The Labute approximate surface area is 111 Å². The fraction of sp³-hybridized carbons (Fsp3) is 0.583. The predicted molar refractivity (Wildman–Crippen MR) is 72.1 cm³/mol. The Bertz CT molecular complexity index is 420. The molecule has 1 aliphatic rings. The summed E-state index contributed by atoms with van der Waals surface area (Å²) in [6.45, 7) is 1.93. The first-order chi connectivity index (χ1) is 8.74. The maximum Gasteiger partial charge on any atom is 0.358 e. The van der Waals surface area contributed by atoms with Crippen molar-refractivity contribution in [1.29, 1.82) is 0 Å². The first-order valence-corrected chi connectivity index (χ1v) is 7.21. The standard InChI is InChI=1S/C12H17N3O2S/c1-17-12(16)10-7-13-8-11(14-10)15-5-3-9(18-2)4-6-15/h7-9H,3-6H2,1-2H3. The minimum Gasteiger partial charge on any atom is -0.464 e. The molecule has 0 bridgehead atoms. The van der Waals surface area contributed by atoms with Gasteiger partial charge >= 0.3 is 5.97 Å². The van der Waals surface area contributed by atoms with Crippen molar-refractivity contribution < 1.29 is 9.53 Å². The van der Waals surface area contributed by atoms with E-state index in [1.165, 1.54) is 13.3 Å². The van der Waals surface area contributed by atoms with Gasteiger partial charge in [-0.15, -0.1) is 0 Å². The Morgan fingerprint density at radius 1 is 1.44 bits per heavy atom. The number of hydrogen-bond acceptors (Lipinski definition) is 6. The number of rotatable bonds is 3. The normalized spacial score (nSPS) is 16.7. The van der Waals surface area contributed by atoms with E-state index >= 15 is 0 Å². The molecule has 0 saturated carbocycles. The molecule has 0 unspecified atom stereocenters. The Balaban J connectivity index is 2.07. The smallest absolute Gasteiger partial charge is 0.358 e. The largest absolute Gasteiger partial charge is 0.464 e. The Hall–Kier alpha value is -1.30. The number of hydrogen-bond donors (Lipinski definition) is 0. The number of anilines is 1. The summed E-state index contributed by atoms with van der Waals surface area (Å²) in [6.07, 6.45) is 7.57. The lowest BCUT2D eigenvalue weighted by Gasteiger charge is -2.31. The molecular formula is C12H17N3O2S. The van der Waals surface area contributed by atoms with Gasteiger partial charge in [0.15, 0.2) is 5.69 Å². The molecule has 2 heterocycles. The van der Waals surface area contributed by atoms with Gasteiger partial charge in [-0.25, -0.2) is 9.78 Å². The van der Waals surface area contributed by atoms with Gasteiger partial charge in [0.1, 0.15) is 5.82 Å². The van der Waals surface area contributed by atoms with Gasteiger partial charge in [-0.05, 0) is 19.1 Å². The molecular weight excluding hydrogens is 250 g/mol. The van der Waals surface area contributed by atoms with Crippen LogP contribution in [-0.4, -0.2) is 47.6 Å². The Morgan fingerprint density at radius 2 is 2.17 bits per heavy atom. The van der Waals surface area contributed by atoms with Gasteiger partial charge in [-0.2, -0.15) is 11.8 Å². The van der Waals surface area contributed by atoms with Crippen molar-refractivity contribution in [2.75, 3.05) is 31.4 Å². The first kappa shape index (κ1) is 13.1. The number of nitrogens with zero attached hydrogens (tertiary/aromatic N) is 3. The van der Waals surface area contributed by atoms with Crippen LogP contribution in [0.1, 0.15) is 23.3 Å². The molecule has 1 aromatic rings. The van der Waals surface area contributed by atoms with Gasteiger partial charge < -0.3 is 9.64 Å². The minimum absolute atomic E-state index is 0.266. The van der Waals surface area contributed by atoms with Crippen LogP contribution in [0.5, 0.6) is 0 Å². The summed E-state index contributed by atoms with van der Waals surface area (Å²) in [5, 5.41) is 0.734. The molecule has 0 amide bonds. The van der Waals surface area contributed by atoms with Crippen LogP contribution in [0, 0.1) is 0 Å². The molecule has 0 radical (unpaired) electrons. The number of aromatic nitrogens is 2. The highest BCUT2D eigenvalue weighted by Crippen LogP contribution is 2.23. The topological polar surface area (TPSA) is 55.3 Å². The van der Waals surface area contributed by atoms with Crippen molar-refractivity contribution in [1.82, 2.24) is 9.97 Å². The number of methoxy groups -OCH3 is 1.